The van der Waals surface area contributed by atoms with Gasteiger partial charge in [-0.05, 0) is 54.8 Å². The predicted molar refractivity (Wildman–Crippen MR) is 79.8 cm³/mol. The summed E-state index contributed by atoms with van der Waals surface area (Å²) in [4.78, 5) is 0. The molecule has 100 valence electrons. The van der Waals surface area contributed by atoms with E-state index in [1.165, 1.54) is 0 Å². The molecular weight excluding hydrogens is 258 g/mol. The van der Waals surface area contributed by atoms with Gasteiger partial charge < -0.3 is 10.5 Å². The average Bonchev–Trinajstić information content (AvgIpc) is 2.41. The molecule has 2 aromatic carbocycles. The molecule has 2 aromatic rings. The van der Waals surface area contributed by atoms with Gasteiger partial charge in [0.15, 0.2) is 0 Å². The molecule has 0 saturated carbocycles. The van der Waals surface area contributed by atoms with Crippen molar-refractivity contribution in [2.45, 2.75) is 19.9 Å². The first-order chi connectivity index (χ1) is 9.11. The molecule has 0 aliphatic heterocycles. The van der Waals surface area contributed by atoms with Crippen molar-refractivity contribution in [1.82, 2.24) is 0 Å². The number of halogens is 1. The van der Waals surface area contributed by atoms with Crippen molar-refractivity contribution >= 4 is 11.6 Å². The van der Waals surface area contributed by atoms with E-state index in [4.69, 9.17) is 22.1 Å². The summed E-state index contributed by atoms with van der Waals surface area (Å²) in [5, 5.41) is 0.706. The Hall–Kier alpha value is -1.51. The summed E-state index contributed by atoms with van der Waals surface area (Å²) in [5.41, 5.74) is 9.54. The maximum Gasteiger partial charge on any atom is 0.119 e. The minimum Gasteiger partial charge on any atom is -0.494 e. The van der Waals surface area contributed by atoms with Crippen molar-refractivity contribution in [3.05, 3.63) is 64.2 Å². The Morgan fingerprint density at radius 3 is 2.74 bits per heavy atom. The van der Waals surface area contributed by atoms with Crippen LogP contribution in [0.15, 0.2) is 42.5 Å². The summed E-state index contributed by atoms with van der Waals surface area (Å²) in [6.45, 7) is 4.65. The third-order valence-electron chi connectivity index (χ3n) is 3.10. The zero-order chi connectivity index (χ0) is 13.8. The second-order valence-electron chi connectivity index (χ2n) is 4.48. The fraction of sp³-hybridized carbons (Fsp3) is 0.250. The first-order valence-electron chi connectivity index (χ1n) is 6.36. The fourth-order valence-electron chi connectivity index (χ4n) is 2.09. The molecule has 0 radical (unpaired) electrons. The number of hydrogen-bond acceptors (Lipinski definition) is 2. The molecule has 2 nitrogen and oxygen atoms in total. The number of benzene rings is 2. The summed E-state index contributed by atoms with van der Waals surface area (Å²) in [7, 11) is 0. The zero-order valence-corrected chi connectivity index (χ0v) is 11.9. The monoisotopic (exact) mass is 275 g/mol. The van der Waals surface area contributed by atoms with Gasteiger partial charge in [0.05, 0.1) is 12.6 Å². The van der Waals surface area contributed by atoms with Crippen LogP contribution < -0.4 is 10.5 Å². The van der Waals surface area contributed by atoms with Crippen molar-refractivity contribution < 1.29 is 4.74 Å². The second kappa shape index (κ2) is 6.09. The molecule has 0 aromatic heterocycles. The molecular formula is C16H18ClNO. The standard InChI is InChI=1S/C16H18ClNO/c1-3-19-14-6-4-5-12(9-14)16(18)15-10-13(17)8-7-11(15)2/h4-10,16H,3,18H2,1-2H3. The van der Waals surface area contributed by atoms with Gasteiger partial charge in [0, 0.05) is 5.02 Å². The van der Waals surface area contributed by atoms with Gasteiger partial charge in [0.25, 0.3) is 0 Å². The van der Waals surface area contributed by atoms with Crippen LogP contribution in [0.25, 0.3) is 0 Å². The van der Waals surface area contributed by atoms with Crippen LogP contribution in [0.2, 0.25) is 5.02 Å². The maximum atomic E-state index is 6.34. The van der Waals surface area contributed by atoms with Crippen LogP contribution in [-0.2, 0) is 0 Å². The van der Waals surface area contributed by atoms with E-state index in [0.29, 0.717) is 11.6 Å². The molecule has 0 saturated heterocycles. The lowest BCUT2D eigenvalue weighted by atomic mass is 9.96. The highest BCUT2D eigenvalue weighted by Gasteiger charge is 2.12. The van der Waals surface area contributed by atoms with Gasteiger partial charge in [-0.15, -0.1) is 0 Å². The molecule has 1 unspecified atom stereocenters. The van der Waals surface area contributed by atoms with Crippen LogP contribution in [0.1, 0.15) is 29.7 Å². The van der Waals surface area contributed by atoms with Crippen molar-refractivity contribution in [2.75, 3.05) is 6.61 Å². The van der Waals surface area contributed by atoms with Gasteiger partial charge in [0.2, 0.25) is 0 Å². The van der Waals surface area contributed by atoms with E-state index < -0.39 is 0 Å². The van der Waals surface area contributed by atoms with Crippen LogP contribution >= 0.6 is 11.6 Å². The van der Waals surface area contributed by atoms with Crippen molar-refractivity contribution in [3.63, 3.8) is 0 Å². The minimum absolute atomic E-state index is 0.195. The molecule has 19 heavy (non-hydrogen) atoms. The Balaban J connectivity index is 2.35. The van der Waals surface area contributed by atoms with E-state index >= 15 is 0 Å². The van der Waals surface area contributed by atoms with E-state index in [1.54, 1.807) is 0 Å². The van der Waals surface area contributed by atoms with Crippen LogP contribution in [-0.4, -0.2) is 6.61 Å². The molecule has 0 fully saturated rings. The predicted octanol–water partition coefficient (Wildman–Crippen LogP) is 4.10. The maximum absolute atomic E-state index is 6.34. The third-order valence-corrected chi connectivity index (χ3v) is 3.34. The van der Waals surface area contributed by atoms with E-state index in [2.05, 4.69) is 0 Å². The van der Waals surface area contributed by atoms with E-state index in [1.807, 2.05) is 56.3 Å². The lowest BCUT2D eigenvalue weighted by Gasteiger charge is -2.16. The van der Waals surface area contributed by atoms with Gasteiger partial charge in [0.1, 0.15) is 5.75 Å². The summed E-state index contributed by atoms with van der Waals surface area (Å²) >= 11 is 6.05. The summed E-state index contributed by atoms with van der Waals surface area (Å²) in [6.07, 6.45) is 0. The van der Waals surface area contributed by atoms with Crippen molar-refractivity contribution in [1.29, 1.82) is 0 Å². The first-order valence-corrected chi connectivity index (χ1v) is 6.74. The molecule has 2 N–H and O–H groups in total. The number of rotatable bonds is 4. The highest BCUT2D eigenvalue weighted by Crippen LogP contribution is 2.27. The minimum atomic E-state index is -0.195. The van der Waals surface area contributed by atoms with Crippen LogP contribution in [0.4, 0.5) is 0 Å². The highest BCUT2D eigenvalue weighted by atomic mass is 35.5. The van der Waals surface area contributed by atoms with Gasteiger partial charge in [-0.1, -0.05) is 29.8 Å². The third kappa shape index (κ3) is 3.28. The Morgan fingerprint density at radius 2 is 2.00 bits per heavy atom. The van der Waals surface area contributed by atoms with E-state index in [-0.39, 0.29) is 6.04 Å². The highest BCUT2D eigenvalue weighted by molar-refractivity contribution is 6.30. The second-order valence-corrected chi connectivity index (χ2v) is 4.92. The van der Waals surface area contributed by atoms with Gasteiger partial charge >= 0.3 is 0 Å². The van der Waals surface area contributed by atoms with E-state index in [9.17, 15) is 0 Å². The normalized spacial score (nSPS) is 12.2. The van der Waals surface area contributed by atoms with Gasteiger partial charge in [-0.3, -0.25) is 0 Å². The van der Waals surface area contributed by atoms with Crippen LogP contribution in [0.5, 0.6) is 5.75 Å². The molecule has 0 aliphatic rings. The molecule has 0 bridgehead atoms. The molecule has 0 amide bonds. The van der Waals surface area contributed by atoms with Crippen molar-refractivity contribution in [3.8, 4) is 5.75 Å². The Morgan fingerprint density at radius 1 is 1.21 bits per heavy atom. The lowest BCUT2D eigenvalue weighted by molar-refractivity contribution is 0.340. The molecule has 0 aliphatic carbocycles. The Kier molecular flexibility index (Phi) is 4.46. The summed E-state index contributed by atoms with van der Waals surface area (Å²) in [5.74, 6) is 0.843. The smallest absolute Gasteiger partial charge is 0.119 e. The fourth-order valence-corrected chi connectivity index (χ4v) is 2.27. The molecule has 3 heteroatoms. The van der Waals surface area contributed by atoms with Crippen LogP contribution in [0, 0.1) is 6.92 Å². The Bertz CT molecular complexity index is 568. The molecule has 1 atom stereocenters. The average molecular weight is 276 g/mol. The molecule has 0 spiro atoms. The summed E-state index contributed by atoms with van der Waals surface area (Å²) < 4.78 is 5.50. The van der Waals surface area contributed by atoms with Gasteiger partial charge in [-0.2, -0.15) is 0 Å². The van der Waals surface area contributed by atoms with Gasteiger partial charge in [-0.25, -0.2) is 0 Å². The summed E-state index contributed by atoms with van der Waals surface area (Å²) in [6, 6.07) is 13.5. The molecule has 0 heterocycles. The Labute approximate surface area is 119 Å². The largest absolute Gasteiger partial charge is 0.494 e. The SMILES string of the molecule is CCOc1cccc(C(N)c2cc(Cl)ccc2C)c1. The number of ether oxygens (including phenoxy) is 1. The lowest BCUT2D eigenvalue weighted by Crippen LogP contribution is -2.13. The number of nitrogens with two attached hydrogens (primary N) is 1. The van der Waals surface area contributed by atoms with E-state index in [0.717, 1.165) is 22.4 Å². The zero-order valence-electron chi connectivity index (χ0n) is 11.2. The van der Waals surface area contributed by atoms with Crippen LogP contribution in [0.3, 0.4) is 0 Å². The number of hydrogen-bond donors (Lipinski definition) is 1. The topological polar surface area (TPSA) is 35.2 Å². The molecule has 2 rings (SSSR count). The van der Waals surface area contributed by atoms with Crippen molar-refractivity contribution in [2.24, 2.45) is 5.73 Å². The quantitative estimate of drug-likeness (QED) is 0.912. The number of aryl methyl sites for hydroxylation is 1. The first kappa shape index (κ1) is 13.9.